The van der Waals surface area contributed by atoms with Gasteiger partial charge in [0, 0.05) is 5.56 Å². The molecule has 2 bridgehead atoms. The highest BCUT2D eigenvalue weighted by molar-refractivity contribution is 6.06. The number of hydrazone groups is 1. The lowest BCUT2D eigenvalue weighted by Crippen LogP contribution is -2.40. The van der Waals surface area contributed by atoms with Gasteiger partial charge in [-0.3, -0.25) is 9.59 Å². The zero-order valence-electron chi connectivity index (χ0n) is 16.8. The highest BCUT2D eigenvalue weighted by Gasteiger charge is 2.67. The van der Waals surface area contributed by atoms with Crippen LogP contribution in [0.15, 0.2) is 58.1 Å². The third-order valence-electron chi connectivity index (χ3n) is 7.16. The Hall–Kier alpha value is -3.48. The fourth-order valence-corrected chi connectivity index (χ4v) is 5.64. The van der Waals surface area contributed by atoms with E-state index >= 15 is 0 Å². The van der Waals surface area contributed by atoms with Crippen LogP contribution in [-0.2, 0) is 14.3 Å². The molecule has 2 heterocycles. The monoisotopic (exact) mass is 416 g/mol. The highest BCUT2D eigenvalue weighted by Crippen LogP contribution is 2.65. The first-order chi connectivity index (χ1) is 15.1. The van der Waals surface area contributed by atoms with Gasteiger partial charge in [-0.05, 0) is 54.4 Å². The summed E-state index contributed by atoms with van der Waals surface area (Å²) in [6.07, 6.45) is 6.83. The molecule has 7 heteroatoms. The SMILES string of the molecule is COC(=O)c1ccc(-c2ccc(/C=N\N3C(=O)[C@@H]4[C@H]5C=C[C@@H]([C@@H]6C[C@H]56)[C@@H]4C3=O)o2)cc1. The van der Waals surface area contributed by atoms with E-state index in [1.165, 1.54) is 13.3 Å². The average molecular weight is 416 g/mol. The van der Waals surface area contributed by atoms with Crippen LogP contribution in [0, 0.1) is 35.5 Å². The number of carbonyl (C=O) groups excluding carboxylic acids is 3. The van der Waals surface area contributed by atoms with Gasteiger partial charge in [-0.1, -0.05) is 24.3 Å². The normalized spacial score (nSPS) is 32.5. The van der Waals surface area contributed by atoms with Gasteiger partial charge in [-0.15, -0.1) is 0 Å². The first-order valence-electron chi connectivity index (χ1n) is 10.5. The number of imide groups is 1. The molecule has 156 valence electrons. The molecule has 1 saturated heterocycles. The van der Waals surface area contributed by atoms with Gasteiger partial charge >= 0.3 is 5.97 Å². The third kappa shape index (κ3) is 2.65. The number of ether oxygens (including phenoxy) is 1. The van der Waals surface area contributed by atoms with Crippen LogP contribution in [-0.4, -0.2) is 36.1 Å². The van der Waals surface area contributed by atoms with E-state index in [1.807, 2.05) is 0 Å². The summed E-state index contributed by atoms with van der Waals surface area (Å²) in [7, 11) is 1.34. The minimum Gasteiger partial charge on any atom is -0.465 e. The van der Waals surface area contributed by atoms with Gasteiger partial charge in [0.2, 0.25) is 0 Å². The second kappa shape index (κ2) is 6.51. The lowest BCUT2D eigenvalue weighted by molar-refractivity contribution is -0.140. The largest absolute Gasteiger partial charge is 0.465 e. The number of benzene rings is 1. The van der Waals surface area contributed by atoms with Crippen molar-refractivity contribution in [3.05, 3.63) is 59.9 Å². The fourth-order valence-electron chi connectivity index (χ4n) is 5.64. The van der Waals surface area contributed by atoms with E-state index in [4.69, 9.17) is 9.15 Å². The molecule has 0 radical (unpaired) electrons. The van der Waals surface area contributed by atoms with E-state index in [2.05, 4.69) is 17.3 Å². The van der Waals surface area contributed by atoms with Crippen molar-refractivity contribution in [3.8, 4) is 11.3 Å². The molecule has 2 aromatic rings. The van der Waals surface area contributed by atoms with Crippen molar-refractivity contribution in [1.29, 1.82) is 0 Å². The summed E-state index contributed by atoms with van der Waals surface area (Å²) in [5.41, 5.74) is 1.24. The topological polar surface area (TPSA) is 89.2 Å². The second-order valence-corrected chi connectivity index (χ2v) is 8.66. The Kier molecular flexibility index (Phi) is 3.84. The molecule has 1 aromatic carbocycles. The zero-order valence-corrected chi connectivity index (χ0v) is 16.8. The molecule has 0 spiro atoms. The van der Waals surface area contributed by atoms with Crippen LogP contribution in [0.5, 0.6) is 0 Å². The van der Waals surface area contributed by atoms with Crippen LogP contribution in [0.2, 0.25) is 0 Å². The van der Waals surface area contributed by atoms with E-state index in [9.17, 15) is 14.4 Å². The van der Waals surface area contributed by atoms with Gasteiger partial charge in [0.05, 0.1) is 30.7 Å². The fraction of sp³-hybridized carbons (Fsp3) is 0.333. The van der Waals surface area contributed by atoms with Gasteiger partial charge < -0.3 is 9.15 Å². The van der Waals surface area contributed by atoms with E-state index < -0.39 is 5.97 Å². The predicted octanol–water partition coefficient (Wildman–Crippen LogP) is 3.12. The Bertz CT molecular complexity index is 1120. The Morgan fingerprint density at radius 2 is 1.68 bits per heavy atom. The number of esters is 1. The first kappa shape index (κ1) is 18.3. The van der Waals surface area contributed by atoms with Crippen LogP contribution < -0.4 is 0 Å². The van der Waals surface area contributed by atoms with Crippen molar-refractivity contribution in [3.63, 3.8) is 0 Å². The van der Waals surface area contributed by atoms with Gasteiger partial charge in [-0.25, -0.2) is 4.79 Å². The van der Waals surface area contributed by atoms with Crippen LogP contribution in [0.1, 0.15) is 22.5 Å². The second-order valence-electron chi connectivity index (χ2n) is 8.66. The molecule has 5 aliphatic rings. The molecule has 6 atom stereocenters. The molecule has 2 saturated carbocycles. The molecule has 1 aliphatic heterocycles. The van der Waals surface area contributed by atoms with Crippen LogP contribution in [0.4, 0.5) is 0 Å². The quantitative estimate of drug-likeness (QED) is 0.331. The van der Waals surface area contributed by atoms with Crippen molar-refractivity contribution in [2.75, 3.05) is 7.11 Å². The van der Waals surface area contributed by atoms with E-state index in [-0.39, 0.29) is 35.5 Å². The summed E-state index contributed by atoms with van der Waals surface area (Å²) in [6.45, 7) is 0. The van der Waals surface area contributed by atoms with Crippen molar-refractivity contribution in [2.45, 2.75) is 6.42 Å². The van der Waals surface area contributed by atoms with Crippen LogP contribution >= 0.6 is 0 Å². The van der Waals surface area contributed by atoms with Gasteiger partial charge in [0.25, 0.3) is 11.8 Å². The van der Waals surface area contributed by atoms with Crippen molar-refractivity contribution < 1.29 is 23.5 Å². The zero-order chi connectivity index (χ0) is 21.3. The molecular formula is C24H20N2O5. The molecule has 7 rings (SSSR count). The maximum atomic E-state index is 13.0. The first-order valence-corrected chi connectivity index (χ1v) is 10.5. The van der Waals surface area contributed by atoms with Gasteiger partial charge in [-0.2, -0.15) is 10.1 Å². The molecule has 1 aromatic heterocycles. The maximum Gasteiger partial charge on any atom is 0.337 e. The summed E-state index contributed by atoms with van der Waals surface area (Å²) in [6, 6.07) is 10.4. The highest BCUT2D eigenvalue weighted by atomic mass is 16.5. The van der Waals surface area contributed by atoms with E-state index in [1.54, 1.807) is 36.4 Å². The smallest absolute Gasteiger partial charge is 0.337 e. The Labute approximate surface area is 178 Å². The predicted molar refractivity (Wildman–Crippen MR) is 110 cm³/mol. The molecule has 3 fully saturated rings. The van der Waals surface area contributed by atoms with Gasteiger partial charge in [0.15, 0.2) is 0 Å². The summed E-state index contributed by atoms with van der Waals surface area (Å²) >= 11 is 0. The number of carbonyl (C=O) groups is 3. The number of rotatable bonds is 4. The standard InChI is InChI=1S/C24H20N2O5/c1-30-24(29)13-4-2-12(3-5-13)19-9-6-14(31-19)11-25-26-22(27)20-15-7-8-16(18-10-17(15)18)21(20)23(26)28/h2-9,11,15-18,20-21H,10H2,1H3/b25-11-/t15-,16-,17-,18+,20-,21+/m0/s1. The molecule has 4 aliphatic carbocycles. The Morgan fingerprint density at radius 3 is 2.29 bits per heavy atom. The molecule has 31 heavy (non-hydrogen) atoms. The number of methoxy groups -OCH3 is 1. The average Bonchev–Trinajstić information content (AvgIpc) is 3.44. The number of hydrogen-bond donors (Lipinski definition) is 0. The minimum absolute atomic E-state index is 0.180. The Balaban J connectivity index is 1.20. The maximum absolute atomic E-state index is 13.0. The molecule has 0 unspecified atom stereocenters. The molecule has 0 N–H and O–H groups in total. The van der Waals surface area contributed by atoms with Crippen molar-refractivity contribution in [2.24, 2.45) is 40.6 Å². The number of allylic oxidation sites excluding steroid dienone is 2. The number of amides is 2. The van der Waals surface area contributed by atoms with E-state index in [0.29, 0.717) is 28.9 Å². The number of hydrogen-bond acceptors (Lipinski definition) is 6. The molecule has 2 amide bonds. The Morgan fingerprint density at radius 1 is 1.03 bits per heavy atom. The summed E-state index contributed by atoms with van der Waals surface area (Å²) in [5, 5.41) is 5.24. The van der Waals surface area contributed by atoms with E-state index in [0.717, 1.165) is 17.0 Å². The lowest BCUT2D eigenvalue weighted by atomic mass is 9.63. The summed E-state index contributed by atoms with van der Waals surface area (Å²) < 4.78 is 10.5. The third-order valence-corrected chi connectivity index (χ3v) is 7.16. The summed E-state index contributed by atoms with van der Waals surface area (Å²) in [4.78, 5) is 37.5. The summed E-state index contributed by atoms with van der Waals surface area (Å²) in [5.74, 6) is 1.21. The minimum atomic E-state index is -0.403. The molecular weight excluding hydrogens is 396 g/mol. The molecule has 7 nitrogen and oxygen atoms in total. The van der Waals surface area contributed by atoms with Crippen LogP contribution in [0.3, 0.4) is 0 Å². The van der Waals surface area contributed by atoms with Gasteiger partial charge in [0.1, 0.15) is 11.5 Å². The van der Waals surface area contributed by atoms with Crippen molar-refractivity contribution >= 4 is 24.0 Å². The number of furan rings is 1. The lowest BCUT2D eigenvalue weighted by Gasteiger charge is -2.37. The van der Waals surface area contributed by atoms with Crippen LogP contribution in [0.25, 0.3) is 11.3 Å². The number of nitrogens with zero attached hydrogens (tertiary/aromatic N) is 2. The van der Waals surface area contributed by atoms with Crippen molar-refractivity contribution in [1.82, 2.24) is 5.01 Å².